The third-order valence-electron chi connectivity index (χ3n) is 0.484. The van der Waals surface area contributed by atoms with Gasteiger partial charge in [0.25, 0.3) is 0 Å². The van der Waals surface area contributed by atoms with E-state index in [-0.39, 0.29) is 0 Å². The number of carbonyl (C=O) groups is 1. The first-order chi connectivity index (χ1) is 3.63. The van der Waals surface area contributed by atoms with Crippen molar-refractivity contribution in [1.29, 1.82) is 0 Å². The molecule has 0 heterocycles. The maximum absolute atomic E-state index is 9.99. The second-order valence-corrected chi connectivity index (χ2v) is 1.73. The molecule has 0 fully saturated rings. The Morgan fingerprint density at radius 3 is 2.38 bits per heavy atom. The molecule has 0 saturated heterocycles. The summed E-state index contributed by atoms with van der Waals surface area (Å²) in [5, 5.41) is 0. The predicted octanol–water partition coefficient (Wildman–Crippen LogP) is -0.117. The summed E-state index contributed by atoms with van der Waals surface area (Å²) in [6, 6.07) is 0. The number of nitrogens with zero attached hydrogens (tertiary/aromatic N) is 1. The van der Waals surface area contributed by atoms with Gasteiger partial charge in [-0.25, -0.2) is 0 Å². The fraction of sp³-hybridized carbons (Fsp3) is 0.600. The van der Waals surface area contributed by atoms with Crippen LogP contribution in [0.15, 0.2) is 0 Å². The third kappa shape index (κ3) is 5.43. The minimum Gasteiger partial charge on any atom is -0.449 e. The fourth-order valence-electron chi connectivity index (χ4n) is 0.201. The lowest BCUT2D eigenvalue weighted by molar-refractivity contribution is -0.141. The summed E-state index contributed by atoms with van der Waals surface area (Å²) in [6.45, 7) is 3.33. The standard InChI is InChI=1S/C5H10NO2/c1-5(7)8-4-6(2)3/h1,4H2,2-3H3. The van der Waals surface area contributed by atoms with E-state index in [4.69, 9.17) is 0 Å². The van der Waals surface area contributed by atoms with Crippen molar-refractivity contribution in [3.63, 3.8) is 0 Å². The molecule has 0 atom stereocenters. The van der Waals surface area contributed by atoms with Crippen molar-refractivity contribution in [2.75, 3.05) is 20.8 Å². The van der Waals surface area contributed by atoms with Gasteiger partial charge < -0.3 is 4.74 Å². The molecule has 0 aliphatic heterocycles. The molecule has 8 heavy (non-hydrogen) atoms. The molecule has 3 nitrogen and oxygen atoms in total. The van der Waals surface area contributed by atoms with E-state index in [0.29, 0.717) is 6.73 Å². The van der Waals surface area contributed by atoms with E-state index in [0.717, 1.165) is 0 Å². The van der Waals surface area contributed by atoms with Gasteiger partial charge in [0.05, 0.1) is 6.92 Å². The highest BCUT2D eigenvalue weighted by Gasteiger charge is 1.91. The minimum atomic E-state index is -0.487. The summed E-state index contributed by atoms with van der Waals surface area (Å²) in [7, 11) is 3.62. The Morgan fingerprint density at radius 2 is 2.25 bits per heavy atom. The van der Waals surface area contributed by atoms with Crippen LogP contribution in [-0.4, -0.2) is 31.7 Å². The van der Waals surface area contributed by atoms with Gasteiger partial charge in [0.1, 0.15) is 6.73 Å². The van der Waals surface area contributed by atoms with E-state index in [1.807, 2.05) is 14.1 Å². The van der Waals surface area contributed by atoms with Crippen LogP contribution in [0, 0.1) is 6.92 Å². The summed E-state index contributed by atoms with van der Waals surface area (Å²) < 4.78 is 4.48. The molecule has 0 rings (SSSR count). The highest BCUT2D eigenvalue weighted by atomic mass is 16.5. The highest BCUT2D eigenvalue weighted by molar-refractivity contribution is 5.73. The van der Waals surface area contributed by atoms with Crippen LogP contribution >= 0.6 is 0 Å². The van der Waals surface area contributed by atoms with Crippen molar-refractivity contribution >= 4 is 5.97 Å². The molecule has 0 amide bonds. The second kappa shape index (κ2) is 3.43. The van der Waals surface area contributed by atoms with Crippen LogP contribution in [0.25, 0.3) is 0 Å². The Hall–Kier alpha value is -0.570. The van der Waals surface area contributed by atoms with Gasteiger partial charge in [0, 0.05) is 0 Å². The number of hydrogen-bond acceptors (Lipinski definition) is 3. The SMILES string of the molecule is [CH2]C(=O)OCN(C)C. The first kappa shape index (κ1) is 7.43. The van der Waals surface area contributed by atoms with Gasteiger partial charge in [-0.05, 0) is 14.1 Å². The molecular formula is C5H10NO2. The zero-order chi connectivity index (χ0) is 6.57. The molecule has 0 spiro atoms. The van der Waals surface area contributed by atoms with Crippen molar-refractivity contribution in [3.8, 4) is 0 Å². The molecule has 0 aliphatic carbocycles. The summed E-state index contributed by atoms with van der Waals surface area (Å²) >= 11 is 0. The van der Waals surface area contributed by atoms with Crippen LogP contribution in [0.4, 0.5) is 0 Å². The average Bonchev–Trinajstić information content (AvgIpc) is 1.61. The lowest BCUT2D eigenvalue weighted by atomic mass is 10.8. The number of rotatable bonds is 2. The first-order valence-electron chi connectivity index (χ1n) is 2.26. The Morgan fingerprint density at radius 1 is 1.75 bits per heavy atom. The predicted molar refractivity (Wildman–Crippen MR) is 30.0 cm³/mol. The molecule has 47 valence electrons. The van der Waals surface area contributed by atoms with Crippen molar-refractivity contribution < 1.29 is 9.53 Å². The Bertz CT molecular complexity index is 80.5. The molecule has 0 aliphatic rings. The summed E-state index contributed by atoms with van der Waals surface area (Å²) in [4.78, 5) is 11.7. The highest BCUT2D eigenvalue weighted by Crippen LogP contribution is 1.76. The first-order valence-corrected chi connectivity index (χ1v) is 2.26. The van der Waals surface area contributed by atoms with Gasteiger partial charge in [0.2, 0.25) is 0 Å². The maximum atomic E-state index is 9.99. The lowest BCUT2D eigenvalue weighted by Crippen LogP contribution is -2.17. The molecule has 3 heteroatoms. The normalized spacial score (nSPS) is 9.50. The molecular weight excluding hydrogens is 106 g/mol. The van der Waals surface area contributed by atoms with E-state index in [2.05, 4.69) is 11.7 Å². The lowest BCUT2D eigenvalue weighted by Gasteiger charge is -2.07. The molecule has 0 aromatic rings. The number of hydrogen-bond donors (Lipinski definition) is 0. The van der Waals surface area contributed by atoms with Crippen LogP contribution in [0.5, 0.6) is 0 Å². The zero-order valence-corrected chi connectivity index (χ0v) is 5.18. The van der Waals surface area contributed by atoms with E-state index in [1.54, 1.807) is 4.90 Å². The molecule has 0 N–H and O–H groups in total. The molecule has 0 bridgehead atoms. The van der Waals surface area contributed by atoms with Crippen molar-refractivity contribution in [2.45, 2.75) is 0 Å². The van der Waals surface area contributed by atoms with Gasteiger partial charge in [-0.3, -0.25) is 9.69 Å². The van der Waals surface area contributed by atoms with Crippen molar-refractivity contribution in [2.24, 2.45) is 0 Å². The number of ether oxygens (including phenoxy) is 1. The summed E-state index contributed by atoms with van der Waals surface area (Å²) in [6.07, 6.45) is 0. The fourth-order valence-corrected chi connectivity index (χ4v) is 0.201. The van der Waals surface area contributed by atoms with Crippen LogP contribution in [0.1, 0.15) is 0 Å². The summed E-state index contributed by atoms with van der Waals surface area (Å²) in [5.74, 6) is -0.487. The van der Waals surface area contributed by atoms with E-state index in [9.17, 15) is 4.79 Å². The summed E-state index contributed by atoms with van der Waals surface area (Å²) in [5.41, 5.74) is 0. The Labute approximate surface area is 49.2 Å². The van der Waals surface area contributed by atoms with Gasteiger partial charge in [0.15, 0.2) is 0 Å². The topological polar surface area (TPSA) is 29.5 Å². The average molecular weight is 116 g/mol. The molecule has 0 unspecified atom stereocenters. The molecule has 0 aromatic heterocycles. The zero-order valence-electron chi connectivity index (χ0n) is 5.18. The Kier molecular flexibility index (Phi) is 3.19. The monoisotopic (exact) mass is 116 g/mol. The molecule has 1 radical (unpaired) electrons. The van der Waals surface area contributed by atoms with Crippen molar-refractivity contribution in [1.82, 2.24) is 4.90 Å². The van der Waals surface area contributed by atoms with Gasteiger partial charge in [-0.15, -0.1) is 0 Å². The minimum absolute atomic E-state index is 0.308. The van der Waals surface area contributed by atoms with E-state index in [1.165, 1.54) is 0 Å². The van der Waals surface area contributed by atoms with E-state index < -0.39 is 5.97 Å². The largest absolute Gasteiger partial charge is 0.449 e. The smallest absolute Gasteiger partial charge is 0.307 e. The third-order valence-corrected chi connectivity index (χ3v) is 0.484. The van der Waals surface area contributed by atoms with Crippen molar-refractivity contribution in [3.05, 3.63) is 6.92 Å². The van der Waals surface area contributed by atoms with Gasteiger partial charge in [-0.2, -0.15) is 0 Å². The van der Waals surface area contributed by atoms with Gasteiger partial charge >= 0.3 is 5.97 Å². The van der Waals surface area contributed by atoms with Crippen LogP contribution in [0.2, 0.25) is 0 Å². The molecule has 0 saturated carbocycles. The second-order valence-electron chi connectivity index (χ2n) is 1.73. The van der Waals surface area contributed by atoms with E-state index >= 15 is 0 Å². The molecule has 0 aromatic carbocycles. The maximum Gasteiger partial charge on any atom is 0.307 e. The Balaban J connectivity index is 3.05. The van der Waals surface area contributed by atoms with Crippen LogP contribution in [0.3, 0.4) is 0 Å². The number of carbonyl (C=O) groups excluding carboxylic acids is 1. The van der Waals surface area contributed by atoms with Crippen LogP contribution < -0.4 is 0 Å². The quantitative estimate of drug-likeness (QED) is 0.372. The van der Waals surface area contributed by atoms with Gasteiger partial charge in [-0.1, -0.05) is 0 Å². The van der Waals surface area contributed by atoms with Crippen LogP contribution in [-0.2, 0) is 9.53 Å². The number of esters is 1.